The van der Waals surface area contributed by atoms with E-state index in [1.54, 1.807) is 10.9 Å². The Labute approximate surface area is 107 Å². The molecule has 90 valence electrons. The van der Waals surface area contributed by atoms with Crippen LogP contribution in [0.5, 0.6) is 0 Å². The molecule has 3 N–H and O–H groups in total. The zero-order valence-corrected chi connectivity index (χ0v) is 10.8. The van der Waals surface area contributed by atoms with Gasteiger partial charge in [0.15, 0.2) is 0 Å². The predicted octanol–water partition coefficient (Wildman–Crippen LogP) is 1.87. The molecule has 1 atom stereocenters. The molecule has 1 aromatic heterocycles. The third kappa shape index (κ3) is 2.71. The Morgan fingerprint density at radius 2 is 2.18 bits per heavy atom. The Hall–Kier alpha value is -1.24. The number of nitrogens with two attached hydrogens (primary N) is 1. The smallest absolute Gasteiger partial charge is 0.124 e. The highest BCUT2D eigenvalue weighted by Gasteiger charge is 2.15. The molecule has 1 aromatic carbocycles. The highest BCUT2D eigenvalue weighted by atomic mass is 79.9. The highest BCUT2D eigenvalue weighted by molar-refractivity contribution is 9.10. The summed E-state index contributed by atoms with van der Waals surface area (Å²) >= 11 is 3.26. The maximum Gasteiger partial charge on any atom is 0.124 e. The second kappa shape index (κ2) is 4.95. The molecular weight excluding hydrogens is 287 g/mol. The van der Waals surface area contributed by atoms with Crippen molar-refractivity contribution in [2.75, 3.05) is 0 Å². The molecule has 1 unspecified atom stereocenters. The van der Waals surface area contributed by atoms with Gasteiger partial charge in [0.1, 0.15) is 5.82 Å². The van der Waals surface area contributed by atoms with E-state index in [2.05, 4.69) is 26.5 Å². The molecule has 6 heteroatoms. The molecule has 2 rings (SSSR count). The molecule has 0 aliphatic carbocycles. The SMILES string of the molecule is Cn1cc(C(NN)c2cc(F)cc(Br)c2)cn1. The van der Waals surface area contributed by atoms with Gasteiger partial charge in [-0.25, -0.2) is 9.82 Å². The lowest BCUT2D eigenvalue weighted by Gasteiger charge is -2.15. The van der Waals surface area contributed by atoms with Crippen LogP contribution >= 0.6 is 15.9 Å². The molecule has 17 heavy (non-hydrogen) atoms. The van der Waals surface area contributed by atoms with Crippen molar-refractivity contribution in [3.8, 4) is 0 Å². The number of hydrogen-bond acceptors (Lipinski definition) is 3. The minimum absolute atomic E-state index is 0.282. The zero-order chi connectivity index (χ0) is 12.4. The molecule has 0 saturated carbocycles. The van der Waals surface area contributed by atoms with E-state index in [4.69, 9.17) is 5.84 Å². The van der Waals surface area contributed by atoms with Crippen molar-refractivity contribution in [2.24, 2.45) is 12.9 Å². The van der Waals surface area contributed by atoms with Crippen molar-refractivity contribution in [3.05, 3.63) is 52.0 Å². The number of aryl methyl sites for hydroxylation is 1. The molecular formula is C11H12BrFN4. The van der Waals surface area contributed by atoms with Crippen LogP contribution < -0.4 is 11.3 Å². The highest BCUT2D eigenvalue weighted by Crippen LogP contribution is 2.24. The van der Waals surface area contributed by atoms with Gasteiger partial charge < -0.3 is 0 Å². The number of halogens is 2. The van der Waals surface area contributed by atoms with E-state index in [1.165, 1.54) is 12.1 Å². The average molecular weight is 299 g/mol. The zero-order valence-electron chi connectivity index (χ0n) is 9.19. The summed E-state index contributed by atoms with van der Waals surface area (Å²) in [5, 5.41) is 4.07. The van der Waals surface area contributed by atoms with Crippen LogP contribution in [0, 0.1) is 5.82 Å². The van der Waals surface area contributed by atoms with Crippen LogP contribution in [0.2, 0.25) is 0 Å². The second-order valence-corrected chi connectivity index (χ2v) is 4.67. The maximum absolute atomic E-state index is 13.3. The van der Waals surface area contributed by atoms with Crippen LogP contribution in [0.1, 0.15) is 17.2 Å². The van der Waals surface area contributed by atoms with E-state index in [-0.39, 0.29) is 11.9 Å². The van der Waals surface area contributed by atoms with E-state index in [0.29, 0.717) is 4.47 Å². The lowest BCUT2D eigenvalue weighted by molar-refractivity contribution is 0.604. The van der Waals surface area contributed by atoms with Gasteiger partial charge in [0.25, 0.3) is 0 Å². The average Bonchev–Trinajstić information content (AvgIpc) is 2.64. The topological polar surface area (TPSA) is 55.9 Å². The first-order valence-electron chi connectivity index (χ1n) is 5.01. The molecule has 0 bridgehead atoms. The van der Waals surface area contributed by atoms with E-state index in [0.717, 1.165) is 11.1 Å². The molecule has 0 saturated heterocycles. The Morgan fingerprint density at radius 3 is 2.71 bits per heavy atom. The fourth-order valence-corrected chi connectivity index (χ4v) is 2.20. The third-order valence-electron chi connectivity index (χ3n) is 2.44. The van der Waals surface area contributed by atoms with Crippen molar-refractivity contribution < 1.29 is 4.39 Å². The third-order valence-corrected chi connectivity index (χ3v) is 2.90. The summed E-state index contributed by atoms with van der Waals surface area (Å²) in [5.41, 5.74) is 4.29. The first kappa shape index (κ1) is 12.2. The Balaban J connectivity index is 2.41. The first-order chi connectivity index (χ1) is 8.10. The Kier molecular flexibility index (Phi) is 3.56. The summed E-state index contributed by atoms with van der Waals surface area (Å²) in [6, 6.07) is 4.39. The number of nitrogens with zero attached hydrogens (tertiary/aromatic N) is 2. The van der Waals surface area contributed by atoms with Gasteiger partial charge in [-0.1, -0.05) is 15.9 Å². The molecule has 0 aliphatic rings. The lowest BCUT2D eigenvalue weighted by atomic mass is 10.0. The van der Waals surface area contributed by atoms with Crippen LogP contribution in [0.3, 0.4) is 0 Å². The number of hydrogen-bond donors (Lipinski definition) is 2. The van der Waals surface area contributed by atoms with Crippen LogP contribution in [0.15, 0.2) is 35.1 Å². The van der Waals surface area contributed by atoms with Gasteiger partial charge in [-0.05, 0) is 23.8 Å². The molecule has 0 fully saturated rings. The summed E-state index contributed by atoms with van der Waals surface area (Å²) in [7, 11) is 1.82. The van der Waals surface area contributed by atoms with E-state index in [1.807, 2.05) is 19.3 Å². The quantitative estimate of drug-likeness (QED) is 0.672. The standard InChI is InChI=1S/C11H12BrFN4/c1-17-6-8(5-15-17)11(16-14)7-2-9(12)4-10(13)3-7/h2-6,11,16H,14H2,1H3. The van der Waals surface area contributed by atoms with Gasteiger partial charge in [0.05, 0.1) is 12.2 Å². The normalized spacial score (nSPS) is 12.7. The van der Waals surface area contributed by atoms with Gasteiger partial charge in [-0.2, -0.15) is 5.10 Å². The molecule has 0 amide bonds. The first-order valence-corrected chi connectivity index (χ1v) is 5.80. The predicted molar refractivity (Wildman–Crippen MR) is 66.5 cm³/mol. The van der Waals surface area contributed by atoms with Crippen LogP contribution in [0.4, 0.5) is 4.39 Å². The summed E-state index contributed by atoms with van der Waals surface area (Å²) in [6.45, 7) is 0. The minimum Gasteiger partial charge on any atom is -0.275 e. The minimum atomic E-state index is -0.307. The van der Waals surface area contributed by atoms with Gasteiger partial charge in [0, 0.05) is 23.3 Å². The molecule has 4 nitrogen and oxygen atoms in total. The number of aromatic nitrogens is 2. The monoisotopic (exact) mass is 298 g/mol. The number of hydrazine groups is 1. The van der Waals surface area contributed by atoms with Gasteiger partial charge >= 0.3 is 0 Å². The Morgan fingerprint density at radius 1 is 1.41 bits per heavy atom. The van der Waals surface area contributed by atoms with Gasteiger partial charge in [0.2, 0.25) is 0 Å². The summed E-state index contributed by atoms with van der Waals surface area (Å²) in [5.74, 6) is 5.21. The number of benzene rings is 1. The van der Waals surface area contributed by atoms with Crippen LogP contribution in [-0.4, -0.2) is 9.78 Å². The van der Waals surface area contributed by atoms with Crippen molar-refractivity contribution in [2.45, 2.75) is 6.04 Å². The van der Waals surface area contributed by atoms with Crippen LogP contribution in [0.25, 0.3) is 0 Å². The van der Waals surface area contributed by atoms with E-state index >= 15 is 0 Å². The van der Waals surface area contributed by atoms with Crippen molar-refractivity contribution in [1.29, 1.82) is 0 Å². The second-order valence-electron chi connectivity index (χ2n) is 3.75. The Bertz CT molecular complexity index is 506. The molecule has 0 spiro atoms. The van der Waals surface area contributed by atoms with Gasteiger partial charge in [-0.3, -0.25) is 10.5 Å². The molecule has 1 heterocycles. The number of nitrogens with one attached hydrogen (secondary N) is 1. The summed E-state index contributed by atoms with van der Waals surface area (Å²) in [4.78, 5) is 0. The largest absolute Gasteiger partial charge is 0.275 e. The van der Waals surface area contributed by atoms with Crippen molar-refractivity contribution in [3.63, 3.8) is 0 Å². The summed E-state index contributed by atoms with van der Waals surface area (Å²) < 4.78 is 15.7. The molecule has 0 aliphatic heterocycles. The molecule has 0 radical (unpaired) electrons. The maximum atomic E-state index is 13.3. The lowest BCUT2D eigenvalue weighted by Crippen LogP contribution is -2.28. The van der Waals surface area contributed by atoms with Crippen molar-refractivity contribution >= 4 is 15.9 Å². The fourth-order valence-electron chi connectivity index (χ4n) is 1.72. The van der Waals surface area contributed by atoms with Crippen molar-refractivity contribution in [1.82, 2.24) is 15.2 Å². The summed E-state index contributed by atoms with van der Waals surface area (Å²) in [6.07, 6.45) is 3.53. The number of rotatable bonds is 3. The van der Waals surface area contributed by atoms with Crippen LogP contribution in [-0.2, 0) is 7.05 Å². The fraction of sp³-hybridized carbons (Fsp3) is 0.182. The van der Waals surface area contributed by atoms with E-state index < -0.39 is 0 Å². The van der Waals surface area contributed by atoms with Gasteiger partial charge in [-0.15, -0.1) is 0 Å². The molecule has 2 aromatic rings. The van der Waals surface area contributed by atoms with E-state index in [9.17, 15) is 4.39 Å².